The number of benzene rings is 1. The average molecular weight is 334 g/mol. The molecule has 0 aliphatic heterocycles. The summed E-state index contributed by atoms with van der Waals surface area (Å²) in [5.74, 6) is 1.32. The number of rotatable bonds is 4. The number of hydrogen-bond donors (Lipinski definition) is 2. The molecule has 0 saturated carbocycles. The lowest BCUT2D eigenvalue weighted by Crippen LogP contribution is -2.14. The maximum absolute atomic E-state index is 11.9. The van der Waals surface area contributed by atoms with E-state index in [2.05, 4.69) is 58.4 Å². The van der Waals surface area contributed by atoms with Gasteiger partial charge in [-0.2, -0.15) is 0 Å². The van der Waals surface area contributed by atoms with Crippen molar-refractivity contribution in [1.82, 2.24) is 15.0 Å². The number of H-pyrrole nitrogens is 1. The van der Waals surface area contributed by atoms with Crippen molar-refractivity contribution < 1.29 is 0 Å². The molecule has 5 nitrogen and oxygen atoms in total. The highest BCUT2D eigenvalue weighted by Crippen LogP contribution is 2.20. The van der Waals surface area contributed by atoms with Gasteiger partial charge in [-0.1, -0.05) is 29.8 Å². The van der Waals surface area contributed by atoms with Crippen LogP contribution in [0.3, 0.4) is 0 Å². The van der Waals surface area contributed by atoms with E-state index in [0.717, 1.165) is 17.1 Å². The Morgan fingerprint density at radius 3 is 2.36 bits per heavy atom. The zero-order valence-electron chi connectivity index (χ0n) is 14.9. The maximum Gasteiger partial charge on any atom is 0.254 e. The minimum absolute atomic E-state index is 0.113. The summed E-state index contributed by atoms with van der Waals surface area (Å²) in [7, 11) is 0. The standard InChI is InChI=1S/C20H22N4O/c1-12-5-7-16(8-6-12)15(4)22-18-10-9-17(11-21-18)19-23-14(3)13(2)20(25)24-19/h5-11,15H,1-4H3,(H,21,22)(H,23,24,25). The van der Waals surface area contributed by atoms with Gasteiger partial charge in [-0.25, -0.2) is 9.97 Å². The molecule has 5 heteroatoms. The summed E-state index contributed by atoms with van der Waals surface area (Å²) in [5.41, 5.74) is 4.49. The number of pyridine rings is 1. The molecule has 0 bridgehead atoms. The van der Waals surface area contributed by atoms with E-state index in [1.165, 1.54) is 11.1 Å². The predicted octanol–water partition coefficient (Wildman–Crippen LogP) is 3.93. The maximum atomic E-state index is 11.9. The number of anilines is 1. The lowest BCUT2D eigenvalue weighted by molar-refractivity contribution is 0.874. The summed E-state index contributed by atoms with van der Waals surface area (Å²) in [4.78, 5) is 23.6. The van der Waals surface area contributed by atoms with Gasteiger partial charge < -0.3 is 10.3 Å². The van der Waals surface area contributed by atoms with E-state index in [4.69, 9.17) is 0 Å². The Hall–Kier alpha value is -2.95. The third-order valence-electron chi connectivity index (χ3n) is 4.37. The molecule has 0 aliphatic rings. The van der Waals surface area contributed by atoms with Crippen molar-refractivity contribution in [3.8, 4) is 11.4 Å². The quantitative estimate of drug-likeness (QED) is 0.758. The van der Waals surface area contributed by atoms with Gasteiger partial charge in [0.25, 0.3) is 5.56 Å². The SMILES string of the molecule is Cc1ccc(C(C)Nc2ccc(-c3nc(C)c(C)c(=O)[nH]3)cn2)cc1. The van der Waals surface area contributed by atoms with Crippen molar-refractivity contribution in [2.75, 3.05) is 5.32 Å². The molecule has 1 aromatic carbocycles. The fraction of sp³-hybridized carbons (Fsp3) is 0.250. The van der Waals surface area contributed by atoms with E-state index in [-0.39, 0.29) is 11.6 Å². The van der Waals surface area contributed by atoms with Gasteiger partial charge in [-0.15, -0.1) is 0 Å². The lowest BCUT2D eigenvalue weighted by atomic mass is 10.1. The van der Waals surface area contributed by atoms with Crippen molar-refractivity contribution >= 4 is 5.82 Å². The second kappa shape index (κ2) is 6.89. The van der Waals surface area contributed by atoms with E-state index in [1.807, 2.05) is 19.1 Å². The molecule has 0 radical (unpaired) electrons. The van der Waals surface area contributed by atoms with Crippen LogP contribution in [0.5, 0.6) is 0 Å². The molecule has 2 aromatic heterocycles. The zero-order chi connectivity index (χ0) is 18.0. The number of hydrogen-bond acceptors (Lipinski definition) is 4. The molecule has 128 valence electrons. The Bertz CT molecular complexity index is 927. The third kappa shape index (κ3) is 3.76. The lowest BCUT2D eigenvalue weighted by Gasteiger charge is -2.15. The summed E-state index contributed by atoms with van der Waals surface area (Å²) in [6.07, 6.45) is 1.72. The van der Waals surface area contributed by atoms with Crippen LogP contribution >= 0.6 is 0 Å². The Morgan fingerprint density at radius 2 is 1.76 bits per heavy atom. The molecule has 1 unspecified atom stereocenters. The third-order valence-corrected chi connectivity index (χ3v) is 4.37. The normalized spacial score (nSPS) is 12.0. The first-order valence-corrected chi connectivity index (χ1v) is 8.31. The van der Waals surface area contributed by atoms with Crippen LogP contribution in [0.2, 0.25) is 0 Å². The van der Waals surface area contributed by atoms with Gasteiger partial charge in [0.15, 0.2) is 0 Å². The van der Waals surface area contributed by atoms with Crippen LogP contribution in [0.15, 0.2) is 47.4 Å². The highest BCUT2D eigenvalue weighted by Gasteiger charge is 2.08. The minimum atomic E-state index is -0.113. The van der Waals surface area contributed by atoms with Crippen LogP contribution in [-0.2, 0) is 0 Å². The highest BCUT2D eigenvalue weighted by atomic mass is 16.1. The van der Waals surface area contributed by atoms with E-state index in [0.29, 0.717) is 11.4 Å². The molecule has 0 spiro atoms. The van der Waals surface area contributed by atoms with Crippen LogP contribution in [0.1, 0.15) is 35.3 Å². The molecule has 2 N–H and O–H groups in total. The van der Waals surface area contributed by atoms with Crippen molar-refractivity contribution in [1.29, 1.82) is 0 Å². The Morgan fingerprint density at radius 1 is 1.04 bits per heavy atom. The van der Waals surface area contributed by atoms with Crippen LogP contribution in [0, 0.1) is 20.8 Å². The molecule has 1 atom stereocenters. The molecule has 25 heavy (non-hydrogen) atoms. The fourth-order valence-electron chi connectivity index (χ4n) is 2.56. The molecule has 0 fully saturated rings. The van der Waals surface area contributed by atoms with Crippen LogP contribution in [0.25, 0.3) is 11.4 Å². The molecule has 3 aromatic rings. The smallest absolute Gasteiger partial charge is 0.254 e. The topological polar surface area (TPSA) is 70.7 Å². The Balaban J connectivity index is 1.78. The van der Waals surface area contributed by atoms with E-state index in [9.17, 15) is 4.79 Å². The first-order valence-electron chi connectivity index (χ1n) is 8.31. The monoisotopic (exact) mass is 334 g/mol. The van der Waals surface area contributed by atoms with Gasteiger partial charge in [0.05, 0.1) is 0 Å². The van der Waals surface area contributed by atoms with Crippen molar-refractivity contribution in [2.45, 2.75) is 33.7 Å². The van der Waals surface area contributed by atoms with Crippen molar-refractivity contribution in [2.24, 2.45) is 0 Å². The zero-order valence-corrected chi connectivity index (χ0v) is 14.9. The second-order valence-electron chi connectivity index (χ2n) is 6.33. The number of aryl methyl sites for hydroxylation is 2. The van der Waals surface area contributed by atoms with E-state index < -0.39 is 0 Å². The summed E-state index contributed by atoms with van der Waals surface area (Å²) in [6.45, 7) is 7.78. The van der Waals surface area contributed by atoms with Gasteiger partial charge in [0.1, 0.15) is 11.6 Å². The second-order valence-corrected chi connectivity index (χ2v) is 6.33. The fourth-order valence-corrected chi connectivity index (χ4v) is 2.56. The molecule has 0 saturated heterocycles. The largest absolute Gasteiger partial charge is 0.364 e. The summed E-state index contributed by atoms with van der Waals surface area (Å²) in [6, 6.07) is 12.4. The highest BCUT2D eigenvalue weighted by molar-refractivity contribution is 5.56. The van der Waals surface area contributed by atoms with Crippen molar-refractivity contribution in [3.05, 3.63) is 75.3 Å². The van der Waals surface area contributed by atoms with Crippen LogP contribution in [0.4, 0.5) is 5.82 Å². The minimum Gasteiger partial charge on any atom is -0.364 e. The Labute approximate surface area is 147 Å². The van der Waals surface area contributed by atoms with Crippen molar-refractivity contribution in [3.63, 3.8) is 0 Å². The summed E-state index contributed by atoms with van der Waals surface area (Å²) < 4.78 is 0. The van der Waals surface area contributed by atoms with Gasteiger partial charge >= 0.3 is 0 Å². The molecular formula is C20H22N4O. The van der Waals surface area contributed by atoms with Crippen LogP contribution in [-0.4, -0.2) is 15.0 Å². The summed E-state index contributed by atoms with van der Waals surface area (Å²) >= 11 is 0. The molecular weight excluding hydrogens is 312 g/mol. The summed E-state index contributed by atoms with van der Waals surface area (Å²) in [5, 5.41) is 3.38. The average Bonchev–Trinajstić information content (AvgIpc) is 2.60. The number of aromatic nitrogens is 3. The predicted molar refractivity (Wildman–Crippen MR) is 101 cm³/mol. The molecule has 0 aliphatic carbocycles. The number of aromatic amines is 1. The van der Waals surface area contributed by atoms with Gasteiger partial charge in [-0.05, 0) is 45.4 Å². The first-order chi connectivity index (χ1) is 11.9. The van der Waals surface area contributed by atoms with E-state index in [1.54, 1.807) is 13.1 Å². The van der Waals surface area contributed by atoms with Gasteiger partial charge in [-0.3, -0.25) is 4.79 Å². The Kier molecular flexibility index (Phi) is 4.65. The molecule has 3 rings (SSSR count). The van der Waals surface area contributed by atoms with Gasteiger partial charge in [0.2, 0.25) is 0 Å². The van der Waals surface area contributed by atoms with E-state index >= 15 is 0 Å². The van der Waals surface area contributed by atoms with Gasteiger partial charge in [0, 0.05) is 29.1 Å². The molecule has 0 amide bonds. The van der Waals surface area contributed by atoms with Crippen LogP contribution < -0.4 is 10.9 Å². The molecule has 2 heterocycles. The number of nitrogens with one attached hydrogen (secondary N) is 2. The first kappa shape index (κ1) is 16.9. The number of nitrogens with zero attached hydrogens (tertiary/aromatic N) is 2.